The minimum atomic E-state index is 0. The van der Waals surface area contributed by atoms with Crippen LogP contribution < -0.4 is 0 Å². The zero-order chi connectivity index (χ0) is 4.99. The van der Waals surface area contributed by atoms with Gasteiger partial charge in [-0.15, -0.1) is 0 Å². The van der Waals surface area contributed by atoms with E-state index in [1.807, 2.05) is 0 Å². The molecule has 0 atom stereocenters. The first kappa shape index (κ1) is 6.00. The Morgan fingerprint density at radius 1 is 1.33 bits per heavy atom. The second kappa shape index (κ2) is 3.20. The molecule has 0 heteroatoms. The maximum Gasteiger partial charge on any atom is 0 e. The standard InChI is InChI=1S/C6H14.6H2/c1-4-6(3)5-2;;;;;;/h6H,4-5H2,1-3H3;6*1H. The summed E-state index contributed by atoms with van der Waals surface area (Å²) in [6, 6.07) is 0. The van der Waals surface area contributed by atoms with Gasteiger partial charge in [0, 0.05) is 8.56 Å². The lowest BCUT2D eigenvalue weighted by Crippen LogP contribution is -1.85. The van der Waals surface area contributed by atoms with Gasteiger partial charge in [-0.1, -0.05) is 33.6 Å². The van der Waals surface area contributed by atoms with Crippen LogP contribution in [0.5, 0.6) is 0 Å². The normalized spacial score (nSPS) is 10.0. The largest absolute Gasteiger partial charge is 0.0651 e. The molecule has 0 aliphatic carbocycles. The third-order valence-corrected chi connectivity index (χ3v) is 1.39. The van der Waals surface area contributed by atoms with Gasteiger partial charge in [-0.2, -0.15) is 0 Å². The summed E-state index contributed by atoms with van der Waals surface area (Å²) in [7, 11) is 0. The summed E-state index contributed by atoms with van der Waals surface area (Å²) in [6.45, 7) is 6.74. The van der Waals surface area contributed by atoms with Gasteiger partial charge in [0.1, 0.15) is 0 Å². The van der Waals surface area contributed by atoms with Crippen molar-refractivity contribution in [3.05, 3.63) is 0 Å². The Morgan fingerprint density at radius 3 is 1.67 bits per heavy atom. The fourth-order valence-electron chi connectivity index (χ4n) is 0.289. The van der Waals surface area contributed by atoms with Gasteiger partial charge in [-0.05, 0) is 5.92 Å². The molecular weight excluding hydrogens is 72.1 g/mol. The van der Waals surface area contributed by atoms with Crippen molar-refractivity contribution in [3.63, 3.8) is 0 Å². The van der Waals surface area contributed by atoms with E-state index in [2.05, 4.69) is 20.8 Å². The van der Waals surface area contributed by atoms with Gasteiger partial charge in [0.15, 0.2) is 0 Å². The molecule has 0 saturated carbocycles. The van der Waals surface area contributed by atoms with E-state index in [0.29, 0.717) is 0 Å². The zero-order valence-corrected chi connectivity index (χ0v) is 4.99. The van der Waals surface area contributed by atoms with Crippen LogP contribution in [0, 0.1) is 5.92 Å². The molecule has 0 rings (SSSR count). The smallest absolute Gasteiger partial charge is 0 e. The molecule has 0 radical (unpaired) electrons. The quantitative estimate of drug-likeness (QED) is 0.491. The van der Waals surface area contributed by atoms with E-state index in [4.69, 9.17) is 0 Å². The number of hydrogen-bond donors (Lipinski definition) is 0. The number of hydrogen-bond acceptors (Lipinski definition) is 0. The average Bonchev–Trinajstić information content (AvgIpc) is 1.65. The molecule has 0 aliphatic heterocycles. The topological polar surface area (TPSA) is 0 Å². The molecule has 0 aromatic heterocycles. The first-order chi connectivity index (χ1) is 2.81. The lowest BCUT2D eigenvalue weighted by molar-refractivity contribution is 0.544. The monoisotopic (exact) mass is 98.2 g/mol. The minimum absolute atomic E-state index is 0. The zero-order valence-electron chi connectivity index (χ0n) is 4.99. The number of rotatable bonds is 2. The van der Waals surface area contributed by atoms with Crippen molar-refractivity contribution in [1.82, 2.24) is 0 Å². The van der Waals surface area contributed by atoms with E-state index in [1.165, 1.54) is 12.8 Å². The van der Waals surface area contributed by atoms with Crippen molar-refractivity contribution in [2.45, 2.75) is 33.6 Å². The molecule has 0 N–H and O–H groups in total. The summed E-state index contributed by atoms with van der Waals surface area (Å²) in [5.41, 5.74) is 0. The van der Waals surface area contributed by atoms with Crippen LogP contribution in [0.2, 0.25) is 0 Å². The molecule has 0 fully saturated rings. The second-order valence-electron chi connectivity index (χ2n) is 1.92. The van der Waals surface area contributed by atoms with E-state index in [9.17, 15) is 0 Å². The summed E-state index contributed by atoms with van der Waals surface area (Å²) in [6.07, 6.45) is 2.66. The van der Waals surface area contributed by atoms with Crippen molar-refractivity contribution in [1.29, 1.82) is 0 Å². The van der Waals surface area contributed by atoms with Crippen molar-refractivity contribution in [3.8, 4) is 0 Å². The van der Waals surface area contributed by atoms with Crippen LogP contribution in [0.4, 0.5) is 0 Å². The van der Waals surface area contributed by atoms with Gasteiger partial charge in [-0.25, -0.2) is 0 Å². The predicted molar refractivity (Wildman–Crippen MR) is 42.4 cm³/mol. The molecule has 0 nitrogen and oxygen atoms in total. The highest BCUT2D eigenvalue weighted by molar-refractivity contribution is 4.41. The Hall–Kier alpha value is 0. The summed E-state index contributed by atoms with van der Waals surface area (Å²) < 4.78 is 0. The molecule has 0 heterocycles. The third-order valence-electron chi connectivity index (χ3n) is 1.39. The minimum Gasteiger partial charge on any atom is -0.0651 e. The Bertz CT molecular complexity index is 31.2. The summed E-state index contributed by atoms with van der Waals surface area (Å²) in [4.78, 5) is 0. The highest BCUT2D eigenvalue weighted by Crippen LogP contribution is 2.02. The van der Waals surface area contributed by atoms with Crippen LogP contribution in [0.15, 0.2) is 0 Å². The highest BCUT2D eigenvalue weighted by Gasteiger charge is 1.88. The van der Waals surface area contributed by atoms with Crippen molar-refractivity contribution in [2.75, 3.05) is 0 Å². The molecule has 0 bridgehead atoms. The van der Waals surface area contributed by atoms with Crippen molar-refractivity contribution >= 4 is 0 Å². The van der Waals surface area contributed by atoms with E-state index < -0.39 is 0 Å². The van der Waals surface area contributed by atoms with Crippen molar-refractivity contribution in [2.24, 2.45) is 5.92 Å². The molecule has 0 unspecified atom stereocenters. The molecule has 0 saturated heterocycles. The fourth-order valence-corrected chi connectivity index (χ4v) is 0.289. The summed E-state index contributed by atoms with van der Waals surface area (Å²) in [5, 5.41) is 0. The summed E-state index contributed by atoms with van der Waals surface area (Å²) in [5.74, 6) is 0.935. The van der Waals surface area contributed by atoms with Crippen LogP contribution in [0.3, 0.4) is 0 Å². The molecular formula is C6H26. The molecule has 0 aliphatic rings. The van der Waals surface area contributed by atoms with Gasteiger partial charge in [0.2, 0.25) is 0 Å². The first-order valence-electron chi connectivity index (χ1n) is 2.81. The molecule has 0 aromatic carbocycles. The van der Waals surface area contributed by atoms with Crippen molar-refractivity contribution < 1.29 is 8.56 Å². The Kier molecular flexibility index (Phi) is 3.20. The molecule has 0 spiro atoms. The van der Waals surface area contributed by atoms with E-state index >= 15 is 0 Å². The molecule has 0 amide bonds. The van der Waals surface area contributed by atoms with Crippen LogP contribution in [-0.4, -0.2) is 0 Å². The first-order valence-corrected chi connectivity index (χ1v) is 2.81. The molecule has 50 valence electrons. The Morgan fingerprint density at radius 2 is 1.67 bits per heavy atom. The fraction of sp³-hybridized carbons (Fsp3) is 1.00. The maximum atomic E-state index is 2.28. The van der Waals surface area contributed by atoms with E-state index in [0.717, 1.165) is 5.92 Å². The van der Waals surface area contributed by atoms with Crippen LogP contribution >= 0.6 is 0 Å². The lowest BCUT2D eigenvalue weighted by atomic mass is 10.1. The van der Waals surface area contributed by atoms with Gasteiger partial charge in [0.25, 0.3) is 0 Å². The van der Waals surface area contributed by atoms with Crippen LogP contribution in [0.25, 0.3) is 0 Å². The van der Waals surface area contributed by atoms with Gasteiger partial charge in [0.05, 0.1) is 0 Å². The summed E-state index contributed by atoms with van der Waals surface area (Å²) >= 11 is 0. The van der Waals surface area contributed by atoms with Gasteiger partial charge in [-0.3, -0.25) is 0 Å². The Labute approximate surface area is 49.5 Å². The highest BCUT2D eigenvalue weighted by atomic mass is 13.9. The average molecular weight is 98.3 g/mol. The third kappa shape index (κ3) is 2.25. The Balaban J connectivity index is -0.00000000833. The van der Waals surface area contributed by atoms with Crippen LogP contribution in [-0.2, 0) is 0 Å². The second-order valence-corrected chi connectivity index (χ2v) is 1.92. The predicted octanol–water partition coefficient (Wildman–Crippen LogP) is 3.92. The SMILES string of the molecule is CCC(C)CC.[HH].[HH].[HH].[HH].[HH].[HH]. The molecule has 0 aromatic rings. The maximum absolute atomic E-state index is 2.28. The van der Waals surface area contributed by atoms with Gasteiger partial charge >= 0.3 is 0 Å². The molecule has 6 heavy (non-hydrogen) atoms. The van der Waals surface area contributed by atoms with E-state index in [1.54, 1.807) is 0 Å². The lowest BCUT2D eigenvalue weighted by Gasteiger charge is -1.98. The van der Waals surface area contributed by atoms with E-state index in [-0.39, 0.29) is 8.56 Å². The van der Waals surface area contributed by atoms with Gasteiger partial charge < -0.3 is 0 Å². The van der Waals surface area contributed by atoms with Crippen LogP contribution in [0.1, 0.15) is 42.2 Å².